The number of nitrogens with zero attached hydrogens (tertiary/aromatic N) is 2. The number of ether oxygens (including phenoxy) is 1. The number of hydrogen-bond donors (Lipinski definition) is 1. The van der Waals surface area contributed by atoms with Crippen molar-refractivity contribution in [3.63, 3.8) is 0 Å². The molecule has 0 aromatic heterocycles. The van der Waals surface area contributed by atoms with Gasteiger partial charge >= 0.3 is 0 Å². The number of halogens is 1. The summed E-state index contributed by atoms with van der Waals surface area (Å²) in [7, 11) is 0. The molecule has 3 rings (SSSR count). The standard InChI is InChI=1S/C25H29FN2O4/c1-4-27(5-2)13-14-28-22(17-9-7-11-19(26)15-17)21(24(30)25(28)31)23(29)18-10-8-12-20(16-18)32-6-3/h7-12,15-16,22,29H,4-6,13-14H2,1-3H3/b23-21+. The molecule has 2 aromatic carbocycles. The fourth-order valence-corrected chi connectivity index (χ4v) is 3.98. The number of ketones is 1. The van der Waals surface area contributed by atoms with Gasteiger partial charge in [-0.15, -0.1) is 0 Å². The third kappa shape index (κ3) is 4.83. The van der Waals surface area contributed by atoms with Gasteiger partial charge in [0.05, 0.1) is 18.2 Å². The van der Waals surface area contributed by atoms with E-state index >= 15 is 0 Å². The summed E-state index contributed by atoms with van der Waals surface area (Å²) in [5, 5.41) is 11.1. The Kier molecular flexibility index (Phi) is 7.64. The molecule has 1 atom stereocenters. The normalized spacial score (nSPS) is 17.9. The molecule has 0 bridgehead atoms. The molecule has 1 aliphatic rings. The lowest BCUT2D eigenvalue weighted by Gasteiger charge is -2.28. The van der Waals surface area contributed by atoms with E-state index in [0.717, 1.165) is 13.1 Å². The smallest absolute Gasteiger partial charge is 0.295 e. The molecule has 0 radical (unpaired) electrons. The maximum absolute atomic E-state index is 14.1. The zero-order chi connectivity index (χ0) is 23.3. The number of amides is 1. The molecule has 32 heavy (non-hydrogen) atoms. The van der Waals surface area contributed by atoms with Gasteiger partial charge in [-0.25, -0.2) is 4.39 Å². The van der Waals surface area contributed by atoms with E-state index in [0.29, 0.717) is 30.0 Å². The summed E-state index contributed by atoms with van der Waals surface area (Å²) < 4.78 is 19.6. The Morgan fingerprint density at radius 1 is 1.09 bits per heavy atom. The molecule has 0 saturated carbocycles. The maximum Gasteiger partial charge on any atom is 0.295 e. The van der Waals surface area contributed by atoms with Gasteiger partial charge in [0.15, 0.2) is 0 Å². The average Bonchev–Trinajstić information content (AvgIpc) is 3.04. The minimum Gasteiger partial charge on any atom is -0.507 e. The summed E-state index contributed by atoms with van der Waals surface area (Å²) in [6.45, 7) is 8.78. The molecule has 1 aliphatic heterocycles. The van der Waals surface area contributed by atoms with Crippen LogP contribution in [0.25, 0.3) is 5.76 Å². The van der Waals surface area contributed by atoms with Crippen LogP contribution in [0, 0.1) is 5.82 Å². The number of aliphatic hydroxyl groups is 1. The molecule has 1 heterocycles. The highest BCUT2D eigenvalue weighted by Crippen LogP contribution is 2.39. The van der Waals surface area contributed by atoms with Crippen LogP contribution in [-0.2, 0) is 9.59 Å². The predicted molar refractivity (Wildman–Crippen MR) is 121 cm³/mol. The molecule has 2 aromatic rings. The topological polar surface area (TPSA) is 70.1 Å². The Bertz CT molecular complexity index is 1020. The zero-order valence-electron chi connectivity index (χ0n) is 18.7. The van der Waals surface area contributed by atoms with E-state index in [1.54, 1.807) is 30.3 Å². The summed E-state index contributed by atoms with van der Waals surface area (Å²) >= 11 is 0. The van der Waals surface area contributed by atoms with Crippen molar-refractivity contribution < 1.29 is 23.8 Å². The lowest BCUT2D eigenvalue weighted by Crippen LogP contribution is -2.38. The van der Waals surface area contributed by atoms with Gasteiger partial charge in [0.1, 0.15) is 17.3 Å². The lowest BCUT2D eigenvalue weighted by atomic mass is 9.95. The van der Waals surface area contributed by atoms with Crippen LogP contribution in [0.5, 0.6) is 5.75 Å². The molecule has 1 N–H and O–H groups in total. The van der Waals surface area contributed by atoms with Gasteiger partial charge in [-0.2, -0.15) is 0 Å². The van der Waals surface area contributed by atoms with Crippen molar-refractivity contribution in [3.05, 3.63) is 71.0 Å². The molecule has 6 nitrogen and oxygen atoms in total. The van der Waals surface area contributed by atoms with Gasteiger partial charge in [0.2, 0.25) is 0 Å². The first-order chi connectivity index (χ1) is 15.4. The summed E-state index contributed by atoms with van der Waals surface area (Å²) in [5.41, 5.74) is 0.749. The molecular weight excluding hydrogens is 411 g/mol. The second kappa shape index (κ2) is 10.4. The first-order valence-electron chi connectivity index (χ1n) is 10.9. The monoisotopic (exact) mass is 440 g/mol. The predicted octanol–water partition coefficient (Wildman–Crippen LogP) is 3.99. The molecule has 1 unspecified atom stereocenters. The number of Topliss-reactive ketones (excluding diaryl/α,β-unsaturated/α-hetero) is 1. The Morgan fingerprint density at radius 3 is 2.47 bits per heavy atom. The molecule has 7 heteroatoms. The number of carbonyl (C=O) groups excluding carboxylic acids is 2. The van der Waals surface area contributed by atoms with Crippen LogP contribution in [0.3, 0.4) is 0 Å². The van der Waals surface area contributed by atoms with E-state index < -0.39 is 23.5 Å². The van der Waals surface area contributed by atoms with Crippen molar-refractivity contribution in [2.75, 3.05) is 32.8 Å². The molecule has 1 fully saturated rings. The van der Waals surface area contributed by atoms with Crippen molar-refractivity contribution in [1.29, 1.82) is 0 Å². The van der Waals surface area contributed by atoms with Crippen molar-refractivity contribution in [2.24, 2.45) is 0 Å². The van der Waals surface area contributed by atoms with E-state index in [9.17, 15) is 19.1 Å². The second-order valence-electron chi connectivity index (χ2n) is 7.54. The zero-order valence-corrected chi connectivity index (χ0v) is 18.7. The maximum atomic E-state index is 14.1. The number of carbonyl (C=O) groups is 2. The summed E-state index contributed by atoms with van der Waals surface area (Å²) in [6, 6.07) is 11.6. The van der Waals surface area contributed by atoms with Gasteiger partial charge in [0.25, 0.3) is 11.7 Å². The van der Waals surface area contributed by atoms with E-state index in [1.807, 2.05) is 20.8 Å². The highest BCUT2D eigenvalue weighted by Gasteiger charge is 2.46. The summed E-state index contributed by atoms with van der Waals surface area (Å²) in [4.78, 5) is 29.6. The molecule has 1 amide bonds. The Hall–Kier alpha value is -3.19. The van der Waals surface area contributed by atoms with Crippen LogP contribution < -0.4 is 4.74 Å². The molecule has 0 spiro atoms. The van der Waals surface area contributed by atoms with Crippen molar-refractivity contribution in [1.82, 2.24) is 9.80 Å². The molecular formula is C25H29FN2O4. The first kappa shape index (κ1) is 23.5. The van der Waals surface area contributed by atoms with E-state index in [2.05, 4.69) is 4.90 Å². The third-order valence-electron chi connectivity index (χ3n) is 5.67. The number of hydrogen-bond acceptors (Lipinski definition) is 5. The highest BCUT2D eigenvalue weighted by atomic mass is 19.1. The van der Waals surface area contributed by atoms with Gasteiger partial charge in [-0.1, -0.05) is 38.1 Å². The number of aliphatic hydroxyl groups excluding tert-OH is 1. The minimum atomic E-state index is -0.878. The van der Waals surface area contributed by atoms with Crippen molar-refractivity contribution in [2.45, 2.75) is 26.8 Å². The van der Waals surface area contributed by atoms with E-state index in [1.165, 1.54) is 23.1 Å². The van der Waals surface area contributed by atoms with E-state index in [-0.39, 0.29) is 17.9 Å². The van der Waals surface area contributed by atoms with Crippen LogP contribution in [0.15, 0.2) is 54.1 Å². The fourth-order valence-electron chi connectivity index (χ4n) is 3.98. The van der Waals surface area contributed by atoms with Gasteiger partial charge in [-0.3, -0.25) is 9.59 Å². The Labute approximate surface area is 187 Å². The van der Waals surface area contributed by atoms with Crippen molar-refractivity contribution in [3.8, 4) is 5.75 Å². The summed E-state index contributed by atoms with van der Waals surface area (Å²) in [5.74, 6) is -1.72. The van der Waals surface area contributed by atoms with Crippen molar-refractivity contribution >= 4 is 17.4 Å². The quantitative estimate of drug-likeness (QED) is 0.363. The molecule has 0 aliphatic carbocycles. The average molecular weight is 441 g/mol. The van der Waals surface area contributed by atoms with Crippen LogP contribution in [0.4, 0.5) is 4.39 Å². The lowest BCUT2D eigenvalue weighted by molar-refractivity contribution is -0.140. The Morgan fingerprint density at radius 2 is 1.81 bits per heavy atom. The number of rotatable bonds is 9. The number of benzene rings is 2. The van der Waals surface area contributed by atoms with E-state index in [4.69, 9.17) is 4.74 Å². The van der Waals surface area contributed by atoms with Gasteiger partial charge in [-0.05, 0) is 49.8 Å². The largest absolute Gasteiger partial charge is 0.507 e. The van der Waals surface area contributed by atoms with Crippen LogP contribution in [0.1, 0.15) is 37.9 Å². The molecule has 170 valence electrons. The van der Waals surface area contributed by atoms with Gasteiger partial charge < -0.3 is 19.6 Å². The highest BCUT2D eigenvalue weighted by molar-refractivity contribution is 6.46. The van der Waals surface area contributed by atoms with Crippen LogP contribution in [0.2, 0.25) is 0 Å². The number of likely N-dealkylation sites (N-methyl/N-ethyl adjacent to an activating group) is 1. The third-order valence-corrected chi connectivity index (χ3v) is 5.67. The SMILES string of the molecule is CCOc1cccc(/C(O)=C2\C(=O)C(=O)N(CCN(CC)CC)C2c2cccc(F)c2)c1. The van der Waals surface area contributed by atoms with Crippen LogP contribution in [-0.4, -0.2) is 59.4 Å². The van der Waals surface area contributed by atoms with Gasteiger partial charge in [0, 0.05) is 18.7 Å². The fraction of sp³-hybridized carbons (Fsp3) is 0.360. The number of likely N-dealkylation sites (tertiary alicyclic amines) is 1. The molecule has 1 saturated heterocycles. The first-order valence-corrected chi connectivity index (χ1v) is 10.9. The Balaban J connectivity index is 2.10. The van der Waals surface area contributed by atoms with Crippen LogP contribution >= 0.6 is 0 Å². The minimum absolute atomic E-state index is 0.0474. The second-order valence-corrected chi connectivity index (χ2v) is 7.54. The summed E-state index contributed by atoms with van der Waals surface area (Å²) in [6.07, 6.45) is 0.